The van der Waals surface area contributed by atoms with Gasteiger partial charge < -0.3 is 32.2 Å². The summed E-state index contributed by atoms with van der Waals surface area (Å²) >= 11 is 0. The summed E-state index contributed by atoms with van der Waals surface area (Å²) in [6.07, 6.45) is 11.4. The van der Waals surface area contributed by atoms with Crippen LogP contribution < -0.4 is 9.80 Å². The summed E-state index contributed by atoms with van der Waals surface area (Å²) in [4.78, 5) is 4.69. The summed E-state index contributed by atoms with van der Waals surface area (Å²) < 4.78 is 32.5. The van der Waals surface area contributed by atoms with Crippen LogP contribution in [0, 0.1) is 11.8 Å². The van der Waals surface area contributed by atoms with Gasteiger partial charge in [-0.25, -0.2) is 0 Å². The third-order valence-electron chi connectivity index (χ3n) is 24.6. The van der Waals surface area contributed by atoms with Crippen LogP contribution in [0.5, 0.6) is 0 Å². The maximum absolute atomic E-state index is 6.50. The molecule has 0 saturated carbocycles. The summed E-state index contributed by atoms with van der Waals surface area (Å²) in [6, 6.07) is 130. The van der Waals surface area contributed by atoms with Crippen LogP contribution in [-0.4, -0.2) is 6.61 Å². The maximum atomic E-state index is 6.50. The first-order valence-corrected chi connectivity index (χ1v) is 41.2. The van der Waals surface area contributed by atoms with Gasteiger partial charge in [-0.05, 0) is 200 Å². The fourth-order valence-corrected chi connectivity index (χ4v) is 18.3. The van der Waals surface area contributed by atoms with Crippen molar-refractivity contribution >= 4 is 127 Å². The standard InChI is InChI=1S/C112H80N2O5/c1-71-67-83(84-53-66-92(72(2)68-84)78-43-56-87(57-44-78)114(90-62-49-81(50-63-90)95-21-13-25-103-99-17-5-9-29-107(99)118-111(95)103)91-64-51-82(52-65-91)96-22-14-26-104-100-18-6-10-30-108(100)119-112(96)104)39-40-85(71)70-115-69-73-31-33-74(34-32-73)75-35-37-76(38-36-75)77-41-54-86(55-42-77)113(88-58-45-79(46-59-88)93-19-11-23-101-97-15-3-7-27-105(97)116-109(93)101)89-60-47-80(48-61-89)94-20-12-24-102-98-16-4-8-28-106(98)117-110(94)102/h3-66,71-72H,67-70H2,1-2H3. The molecule has 22 rings (SSSR count). The number of para-hydroxylation sites is 8. The second-order valence-electron chi connectivity index (χ2n) is 31.8. The van der Waals surface area contributed by atoms with E-state index in [0.29, 0.717) is 25.0 Å². The highest BCUT2D eigenvalue weighted by Crippen LogP contribution is 2.47. The SMILES string of the molecule is CC1CC(C2=CC=C(c3ccc(N(c4ccc(-c5cccc6c5oc5ccccc56)cc4)c4ccc(-c5cccc6c5oc5ccccc56)cc4)cc3)C(C)C2)=CC=C1COCc1ccc(-c2ccc(-c3ccc(N(c4ccc(-c5cccc6c5oc5ccccc56)cc4)c4ccc(-c5cccc6c5oc5ccccc56)cc4)cc3)cc2)cc1. The topological polar surface area (TPSA) is 68.3 Å². The molecule has 16 aromatic carbocycles. The highest BCUT2D eigenvalue weighted by molar-refractivity contribution is 6.13. The average molecular weight is 1530 g/mol. The van der Waals surface area contributed by atoms with E-state index >= 15 is 0 Å². The molecule has 2 aliphatic rings. The molecule has 0 N–H and O–H groups in total. The number of rotatable bonds is 18. The van der Waals surface area contributed by atoms with E-state index in [9.17, 15) is 0 Å². The van der Waals surface area contributed by atoms with Crippen molar-refractivity contribution in [1.29, 1.82) is 0 Å². The van der Waals surface area contributed by atoms with Gasteiger partial charge in [-0.3, -0.25) is 0 Å². The molecule has 7 nitrogen and oxygen atoms in total. The van der Waals surface area contributed by atoms with Gasteiger partial charge in [0.2, 0.25) is 0 Å². The Balaban J connectivity index is 0.466. The van der Waals surface area contributed by atoms with Crippen molar-refractivity contribution < 1.29 is 22.4 Å². The first-order chi connectivity index (χ1) is 58.8. The molecule has 2 unspecified atom stereocenters. The molecular weight excluding hydrogens is 1450 g/mol. The number of allylic oxidation sites excluding steroid dienone is 7. The summed E-state index contributed by atoms with van der Waals surface area (Å²) in [5.74, 6) is 0.713. The van der Waals surface area contributed by atoms with E-state index in [-0.39, 0.29) is 0 Å². The first kappa shape index (κ1) is 70.8. The minimum absolute atomic E-state index is 0.341. The number of anilines is 6. The van der Waals surface area contributed by atoms with Gasteiger partial charge >= 0.3 is 0 Å². The number of fused-ring (bicyclic) bond motifs is 12. The second-order valence-corrected chi connectivity index (χ2v) is 31.8. The molecular formula is C112H80N2O5. The number of furan rings is 4. The number of ether oxygens (including phenoxy) is 1. The molecule has 7 heteroatoms. The van der Waals surface area contributed by atoms with Crippen LogP contribution >= 0.6 is 0 Å². The van der Waals surface area contributed by atoms with Gasteiger partial charge in [-0.1, -0.05) is 305 Å². The van der Waals surface area contributed by atoms with E-state index in [0.717, 1.165) is 196 Å². The quantitative estimate of drug-likeness (QED) is 0.0848. The molecule has 0 amide bonds. The Labute approximate surface area is 689 Å². The third-order valence-corrected chi connectivity index (χ3v) is 24.6. The van der Waals surface area contributed by atoms with E-state index in [1.807, 2.05) is 48.5 Å². The van der Waals surface area contributed by atoms with E-state index in [2.05, 4.69) is 363 Å². The molecule has 0 radical (unpaired) electrons. The van der Waals surface area contributed by atoms with E-state index in [1.54, 1.807) is 0 Å². The molecule has 0 bridgehead atoms. The molecule has 4 heterocycles. The number of hydrogen-bond acceptors (Lipinski definition) is 7. The largest absolute Gasteiger partial charge is 0.455 e. The van der Waals surface area contributed by atoms with Crippen molar-refractivity contribution in [3.05, 3.63) is 416 Å². The molecule has 568 valence electrons. The Morgan fingerprint density at radius 3 is 0.832 bits per heavy atom. The molecule has 2 atom stereocenters. The average Bonchev–Trinajstić information content (AvgIpc) is 0.932. The highest BCUT2D eigenvalue weighted by atomic mass is 16.5. The van der Waals surface area contributed by atoms with Crippen LogP contribution in [0.1, 0.15) is 37.8 Å². The lowest BCUT2D eigenvalue weighted by Crippen LogP contribution is -2.14. The zero-order valence-corrected chi connectivity index (χ0v) is 65.9. The Hall–Kier alpha value is -14.8. The zero-order valence-electron chi connectivity index (χ0n) is 65.9. The Morgan fingerprint density at radius 1 is 0.244 bits per heavy atom. The first-order valence-electron chi connectivity index (χ1n) is 41.2. The predicted octanol–water partition coefficient (Wildman–Crippen LogP) is 31.7. The van der Waals surface area contributed by atoms with E-state index < -0.39 is 0 Å². The second kappa shape index (κ2) is 29.8. The molecule has 0 spiro atoms. The van der Waals surface area contributed by atoms with Crippen LogP contribution in [0.2, 0.25) is 0 Å². The summed E-state index contributed by atoms with van der Waals surface area (Å²) in [6.45, 7) is 5.87. The number of hydrogen-bond donors (Lipinski definition) is 0. The van der Waals surface area contributed by atoms with Crippen molar-refractivity contribution in [2.75, 3.05) is 16.4 Å². The van der Waals surface area contributed by atoms with Crippen LogP contribution in [0.3, 0.4) is 0 Å². The van der Waals surface area contributed by atoms with Crippen LogP contribution in [0.25, 0.3) is 160 Å². The van der Waals surface area contributed by atoms with Crippen molar-refractivity contribution in [1.82, 2.24) is 0 Å². The summed E-state index contributed by atoms with van der Waals surface area (Å²) in [7, 11) is 0. The minimum atomic E-state index is 0.341. The van der Waals surface area contributed by atoms with Gasteiger partial charge in [0, 0.05) is 99.5 Å². The zero-order chi connectivity index (χ0) is 79.0. The Bertz CT molecular complexity index is 7100. The Morgan fingerprint density at radius 2 is 0.513 bits per heavy atom. The fraction of sp³-hybridized carbons (Fsp3) is 0.0714. The highest BCUT2D eigenvalue weighted by Gasteiger charge is 2.26. The maximum Gasteiger partial charge on any atom is 0.143 e. The lowest BCUT2D eigenvalue weighted by atomic mass is 9.78. The van der Waals surface area contributed by atoms with E-state index in [4.69, 9.17) is 22.4 Å². The molecule has 4 aromatic heterocycles. The van der Waals surface area contributed by atoms with E-state index in [1.165, 1.54) is 39.0 Å². The van der Waals surface area contributed by atoms with Gasteiger partial charge in [0.25, 0.3) is 0 Å². The molecule has 0 saturated heterocycles. The van der Waals surface area contributed by atoms with Gasteiger partial charge in [0.15, 0.2) is 0 Å². The summed E-state index contributed by atoms with van der Waals surface area (Å²) in [5, 5.41) is 8.97. The van der Waals surface area contributed by atoms with Crippen molar-refractivity contribution in [3.63, 3.8) is 0 Å². The van der Waals surface area contributed by atoms with Crippen LogP contribution in [-0.2, 0) is 11.3 Å². The van der Waals surface area contributed by atoms with Gasteiger partial charge in [-0.2, -0.15) is 0 Å². The van der Waals surface area contributed by atoms with Gasteiger partial charge in [0.1, 0.15) is 44.7 Å². The fourth-order valence-electron chi connectivity index (χ4n) is 18.3. The van der Waals surface area contributed by atoms with Crippen molar-refractivity contribution in [3.8, 4) is 66.8 Å². The summed E-state index contributed by atoms with van der Waals surface area (Å²) in [5.41, 5.74) is 34.7. The molecule has 2 aliphatic carbocycles. The number of benzene rings is 16. The lowest BCUT2D eigenvalue weighted by molar-refractivity contribution is 0.136. The van der Waals surface area contributed by atoms with Crippen molar-refractivity contribution in [2.24, 2.45) is 11.8 Å². The predicted molar refractivity (Wildman–Crippen MR) is 493 cm³/mol. The molecule has 20 aromatic rings. The monoisotopic (exact) mass is 1530 g/mol. The third kappa shape index (κ3) is 13.0. The normalized spacial score (nSPS) is 14.4. The van der Waals surface area contributed by atoms with Gasteiger partial charge in [0.05, 0.1) is 13.2 Å². The lowest BCUT2D eigenvalue weighted by Gasteiger charge is -2.28. The Kier molecular flexibility index (Phi) is 17.7. The van der Waals surface area contributed by atoms with Gasteiger partial charge in [-0.15, -0.1) is 0 Å². The molecule has 119 heavy (non-hydrogen) atoms. The van der Waals surface area contributed by atoms with Crippen LogP contribution in [0.4, 0.5) is 34.1 Å². The number of nitrogens with zero attached hydrogens (tertiary/aromatic N) is 2. The van der Waals surface area contributed by atoms with Crippen molar-refractivity contribution in [2.45, 2.75) is 33.3 Å². The van der Waals surface area contributed by atoms with Crippen LogP contribution in [0.15, 0.2) is 423 Å². The molecule has 0 aliphatic heterocycles. The smallest absolute Gasteiger partial charge is 0.143 e. The molecule has 0 fully saturated rings. The minimum Gasteiger partial charge on any atom is -0.455 e.